The van der Waals surface area contributed by atoms with Crippen LogP contribution in [0.25, 0.3) is 0 Å². The number of sulfonamides is 1. The molecule has 2 N–H and O–H groups in total. The van der Waals surface area contributed by atoms with Crippen LogP contribution in [0.3, 0.4) is 0 Å². The first-order chi connectivity index (χ1) is 14.1. The number of carbonyl (C=O) groups excluding carboxylic acids is 2. The third-order valence-electron chi connectivity index (χ3n) is 3.74. The fraction of sp³-hybridized carbons (Fsp3) is 0.263. The van der Waals surface area contributed by atoms with E-state index in [2.05, 4.69) is 20.0 Å². The number of amidine groups is 1. The summed E-state index contributed by atoms with van der Waals surface area (Å²) in [5.41, 5.74) is 1.18. The number of carbonyl (C=O) groups is 2. The van der Waals surface area contributed by atoms with Crippen LogP contribution in [0.1, 0.15) is 26.4 Å². The molecule has 0 aliphatic carbocycles. The number of hydrogen-bond acceptors (Lipinski definition) is 5. The number of halogens is 1. The third-order valence-corrected chi connectivity index (χ3v) is 4.47. The van der Waals surface area contributed by atoms with E-state index in [-0.39, 0.29) is 36.4 Å². The summed E-state index contributed by atoms with van der Waals surface area (Å²) in [6.45, 7) is 0.442. The van der Waals surface area contributed by atoms with E-state index in [9.17, 15) is 18.0 Å². The van der Waals surface area contributed by atoms with E-state index in [4.69, 9.17) is 11.6 Å². The molecular weight excluding hydrogens is 430 g/mol. The van der Waals surface area contributed by atoms with Gasteiger partial charge in [-0.05, 0) is 24.3 Å². The monoisotopic (exact) mass is 451 g/mol. The zero-order valence-corrected chi connectivity index (χ0v) is 18.3. The lowest BCUT2D eigenvalue weighted by Gasteiger charge is -2.15. The summed E-state index contributed by atoms with van der Waals surface area (Å²) < 4.78 is 26.7. The van der Waals surface area contributed by atoms with Gasteiger partial charge in [0.15, 0.2) is 0 Å². The van der Waals surface area contributed by atoms with Crippen LogP contribution in [0.2, 0.25) is 5.02 Å². The summed E-state index contributed by atoms with van der Waals surface area (Å²) >= 11 is 5.73. The second-order valence-corrected chi connectivity index (χ2v) is 8.58. The van der Waals surface area contributed by atoms with E-state index in [1.54, 1.807) is 49.3 Å². The maximum atomic E-state index is 12.3. The lowest BCUT2D eigenvalue weighted by atomic mass is 10.1. The minimum Gasteiger partial charge on any atom is -0.362 e. The molecule has 0 aliphatic heterocycles. The molecule has 0 radical (unpaired) electrons. The number of aromatic nitrogens is 1. The molecule has 30 heavy (non-hydrogen) atoms. The van der Waals surface area contributed by atoms with Gasteiger partial charge in [0.1, 0.15) is 11.5 Å². The number of rotatable bonds is 7. The largest absolute Gasteiger partial charge is 0.362 e. The van der Waals surface area contributed by atoms with Gasteiger partial charge in [-0.1, -0.05) is 23.7 Å². The first-order valence-corrected chi connectivity index (χ1v) is 11.0. The van der Waals surface area contributed by atoms with Crippen LogP contribution in [0.15, 0.2) is 47.0 Å². The highest BCUT2D eigenvalue weighted by Gasteiger charge is 2.12. The van der Waals surface area contributed by atoms with Gasteiger partial charge in [-0.3, -0.25) is 9.59 Å². The van der Waals surface area contributed by atoms with E-state index in [0.717, 1.165) is 6.26 Å². The first kappa shape index (κ1) is 23.3. The summed E-state index contributed by atoms with van der Waals surface area (Å²) in [4.78, 5) is 29.7. The molecule has 1 heterocycles. The van der Waals surface area contributed by atoms with Crippen molar-refractivity contribution in [2.45, 2.75) is 0 Å². The van der Waals surface area contributed by atoms with Crippen molar-refractivity contribution in [1.29, 1.82) is 0 Å². The van der Waals surface area contributed by atoms with Gasteiger partial charge in [-0.15, -0.1) is 4.40 Å². The second kappa shape index (κ2) is 10.2. The van der Waals surface area contributed by atoms with E-state index in [0.29, 0.717) is 16.1 Å². The third kappa shape index (κ3) is 7.12. The Kier molecular flexibility index (Phi) is 7.90. The Bertz CT molecular complexity index is 1040. The van der Waals surface area contributed by atoms with Crippen LogP contribution in [0.4, 0.5) is 0 Å². The fourth-order valence-electron chi connectivity index (χ4n) is 2.38. The SMILES string of the molecule is CN(C)/C(=N\S(C)(=O)=O)c1ccc(C(=O)NCCNC(=O)c2ccc(Cl)cn2)cc1. The molecular formula is C19H22ClN5O4S. The van der Waals surface area contributed by atoms with E-state index < -0.39 is 10.0 Å². The van der Waals surface area contributed by atoms with E-state index in [1.165, 1.54) is 12.3 Å². The Morgan fingerprint density at radius 3 is 2.07 bits per heavy atom. The fourth-order valence-corrected chi connectivity index (χ4v) is 3.07. The zero-order valence-electron chi connectivity index (χ0n) is 16.7. The summed E-state index contributed by atoms with van der Waals surface area (Å²) in [7, 11) is -0.208. The smallest absolute Gasteiger partial charge is 0.269 e. The summed E-state index contributed by atoms with van der Waals surface area (Å²) in [5.74, 6) is -0.429. The normalized spacial score (nSPS) is 11.7. The van der Waals surface area contributed by atoms with Crippen LogP contribution in [0.5, 0.6) is 0 Å². The molecule has 0 aliphatic rings. The van der Waals surface area contributed by atoms with Crippen LogP contribution < -0.4 is 10.6 Å². The van der Waals surface area contributed by atoms with Crippen molar-refractivity contribution < 1.29 is 18.0 Å². The highest BCUT2D eigenvalue weighted by Crippen LogP contribution is 2.09. The Balaban J connectivity index is 1.91. The maximum absolute atomic E-state index is 12.3. The number of nitrogens with one attached hydrogen (secondary N) is 2. The Hall–Kier alpha value is -2.98. The van der Waals surface area contributed by atoms with Crippen molar-refractivity contribution >= 4 is 39.3 Å². The molecule has 2 aromatic rings. The molecule has 11 heteroatoms. The molecule has 2 rings (SSSR count). The van der Waals surface area contributed by atoms with Gasteiger partial charge in [0.2, 0.25) is 0 Å². The van der Waals surface area contributed by atoms with Crippen LogP contribution in [-0.4, -0.2) is 69.4 Å². The summed E-state index contributed by atoms with van der Waals surface area (Å²) in [5, 5.41) is 5.77. The van der Waals surface area contributed by atoms with Crippen molar-refractivity contribution in [3.8, 4) is 0 Å². The van der Waals surface area contributed by atoms with Gasteiger partial charge < -0.3 is 15.5 Å². The minimum absolute atomic E-state index is 0.221. The Morgan fingerprint density at radius 1 is 1.00 bits per heavy atom. The predicted octanol–water partition coefficient (Wildman–Crippen LogP) is 1.16. The lowest BCUT2D eigenvalue weighted by Crippen LogP contribution is -2.35. The number of pyridine rings is 1. The number of benzene rings is 1. The molecule has 0 bridgehead atoms. The summed E-state index contributed by atoms with van der Waals surface area (Å²) in [6, 6.07) is 9.45. The molecule has 0 fully saturated rings. The highest BCUT2D eigenvalue weighted by atomic mass is 35.5. The standard InChI is InChI=1S/C19H22ClN5O4S/c1-25(2)17(24-30(3,28)29)13-4-6-14(7-5-13)18(26)21-10-11-22-19(27)16-9-8-15(20)12-23-16/h4-9,12H,10-11H2,1-3H3,(H,21,26)(H,22,27)/b24-17-. The van der Waals surface area contributed by atoms with Gasteiger partial charge in [0.25, 0.3) is 21.8 Å². The van der Waals surface area contributed by atoms with Gasteiger partial charge in [-0.2, -0.15) is 0 Å². The van der Waals surface area contributed by atoms with Crippen LogP contribution >= 0.6 is 11.6 Å². The van der Waals surface area contributed by atoms with Crippen LogP contribution in [-0.2, 0) is 10.0 Å². The molecule has 9 nitrogen and oxygen atoms in total. The predicted molar refractivity (Wildman–Crippen MR) is 115 cm³/mol. The Labute approximate surface area is 180 Å². The van der Waals surface area contributed by atoms with Gasteiger partial charge in [0.05, 0.1) is 11.3 Å². The molecule has 0 saturated heterocycles. The maximum Gasteiger partial charge on any atom is 0.269 e. The Morgan fingerprint density at radius 2 is 1.57 bits per heavy atom. The van der Waals surface area contributed by atoms with Gasteiger partial charge in [-0.25, -0.2) is 13.4 Å². The van der Waals surface area contributed by atoms with Crippen molar-refractivity contribution in [2.75, 3.05) is 33.4 Å². The minimum atomic E-state index is -3.57. The van der Waals surface area contributed by atoms with E-state index in [1.807, 2.05) is 0 Å². The van der Waals surface area contributed by atoms with Crippen molar-refractivity contribution in [3.63, 3.8) is 0 Å². The number of hydrogen-bond donors (Lipinski definition) is 2. The highest BCUT2D eigenvalue weighted by molar-refractivity contribution is 7.89. The van der Waals surface area contributed by atoms with Crippen molar-refractivity contribution in [3.05, 3.63) is 64.4 Å². The molecule has 1 aromatic carbocycles. The van der Waals surface area contributed by atoms with Crippen LogP contribution in [0, 0.1) is 0 Å². The van der Waals surface area contributed by atoms with Crippen molar-refractivity contribution in [2.24, 2.45) is 4.40 Å². The molecule has 0 spiro atoms. The molecule has 160 valence electrons. The lowest BCUT2D eigenvalue weighted by molar-refractivity contribution is 0.0925. The van der Waals surface area contributed by atoms with Crippen molar-refractivity contribution in [1.82, 2.24) is 20.5 Å². The quantitative estimate of drug-likeness (QED) is 0.370. The summed E-state index contributed by atoms with van der Waals surface area (Å²) in [6.07, 6.45) is 2.39. The molecule has 2 amide bonds. The average molecular weight is 452 g/mol. The topological polar surface area (TPSA) is 121 Å². The molecule has 1 aromatic heterocycles. The van der Waals surface area contributed by atoms with E-state index >= 15 is 0 Å². The van der Waals surface area contributed by atoms with Gasteiger partial charge >= 0.3 is 0 Å². The van der Waals surface area contributed by atoms with Gasteiger partial charge in [0, 0.05) is 44.5 Å². The zero-order chi connectivity index (χ0) is 22.3. The molecule has 0 saturated carbocycles. The first-order valence-electron chi connectivity index (χ1n) is 8.82. The second-order valence-electron chi connectivity index (χ2n) is 6.49. The molecule has 0 atom stereocenters. The number of amides is 2. The molecule has 0 unspecified atom stereocenters. The average Bonchev–Trinajstić information content (AvgIpc) is 2.69. The number of nitrogens with zero attached hydrogens (tertiary/aromatic N) is 3.